The predicted molar refractivity (Wildman–Crippen MR) is 77.3 cm³/mol. The van der Waals surface area contributed by atoms with Gasteiger partial charge in [-0.05, 0) is 29.7 Å². The van der Waals surface area contributed by atoms with E-state index in [4.69, 9.17) is 4.52 Å². The molecule has 0 radical (unpaired) electrons. The smallest absolute Gasteiger partial charge is 0.244 e. The molecule has 2 aromatic heterocycles. The lowest BCUT2D eigenvalue weighted by molar-refractivity contribution is 0.321. The fourth-order valence-corrected chi connectivity index (χ4v) is 2.62. The topological polar surface area (TPSA) is 63.8 Å². The van der Waals surface area contributed by atoms with Crippen LogP contribution in [-0.4, -0.2) is 15.1 Å². The van der Waals surface area contributed by atoms with E-state index >= 15 is 0 Å². The number of benzene rings is 1. The summed E-state index contributed by atoms with van der Waals surface area (Å²) in [7, 11) is 0. The van der Waals surface area contributed by atoms with Crippen LogP contribution in [0.3, 0.4) is 0 Å². The number of hydrogen-bond acceptors (Lipinski definition) is 5. The predicted octanol–water partition coefficient (Wildman–Crippen LogP) is 2.52. The van der Waals surface area contributed by atoms with Crippen LogP contribution in [0.2, 0.25) is 0 Å². The van der Waals surface area contributed by atoms with Crippen LogP contribution >= 0.6 is 0 Å². The van der Waals surface area contributed by atoms with E-state index in [1.165, 1.54) is 11.1 Å². The third-order valence-electron chi connectivity index (χ3n) is 3.76. The van der Waals surface area contributed by atoms with Crippen LogP contribution in [0, 0.1) is 0 Å². The third kappa shape index (κ3) is 2.32. The van der Waals surface area contributed by atoms with Gasteiger partial charge in [0, 0.05) is 24.5 Å². The average Bonchev–Trinajstić information content (AvgIpc) is 3.05. The molecule has 0 unspecified atom stereocenters. The van der Waals surface area contributed by atoms with Gasteiger partial charge in [-0.25, -0.2) is 0 Å². The molecule has 0 bridgehead atoms. The molecule has 4 rings (SSSR count). The van der Waals surface area contributed by atoms with Crippen molar-refractivity contribution in [3.05, 3.63) is 65.8 Å². The second-order valence-corrected chi connectivity index (χ2v) is 5.10. The molecule has 0 saturated carbocycles. The molecule has 1 N–H and O–H groups in total. The van der Waals surface area contributed by atoms with Crippen molar-refractivity contribution < 1.29 is 4.52 Å². The normalized spacial score (nSPS) is 17.4. The zero-order chi connectivity index (χ0) is 14.1. The Labute approximate surface area is 122 Å². The SMILES string of the molecule is c1ccc2c(c1)CN[C@@H](c1nc(-c3ccncc3)no1)C2. The first-order valence-corrected chi connectivity index (χ1v) is 6.94. The van der Waals surface area contributed by atoms with Crippen molar-refractivity contribution in [2.24, 2.45) is 0 Å². The number of aromatic nitrogens is 3. The Balaban J connectivity index is 1.60. The second-order valence-electron chi connectivity index (χ2n) is 5.10. The Kier molecular flexibility index (Phi) is 2.97. The van der Waals surface area contributed by atoms with E-state index in [-0.39, 0.29) is 6.04 Å². The van der Waals surface area contributed by atoms with Gasteiger partial charge >= 0.3 is 0 Å². The number of pyridine rings is 1. The maximum Gasteiger partial charge on any atom is 0.244 e. The Hall–Kier alpha value is -2.53. The van der Waals surface area contributed by atoms with Gasteiger partial charge in [-0.3, -0.25) is 4.98 Å². The summed E-state index contributed by atoms with van der Waals surface area (Å²) < 4.78 is 5.43. The molecule has 0 aliphatic carbocycles. The molecule has 3 heterocycles. The second kappa shape index (κ2) is 5.10. The van der Waals surface area contributed by atoms with Crippen molar-refractivity contribution in [1.29, 1.82) is 0 Å². The lowest BCUT2D eigenvalue weighted by atomic mass is 9.96. The Morgan fingerprint density at radius 1 is 1.05 bits per heavy atom. The molecule has 1 aliphatic heterocycles. The van der Waals surface area contributed by atoms with E-state index in [2.05, 4.69) is 44.7 Å². The van der Waals surface area contributed by atoms with Crippen LogP contribution in [-0.2, 0) is 13.0 Å². The standard InChI is InChI=1S/C16H14N4O/c1-2-4-13-10-18-14(9-12(13)3-1)16-19-15(20-21-16)11-5-7-17-8-6-11/h1-8,14,18H,9-10H2/t14-/m1/s1. The van der Waals surface area contributed by atoms with Gasteiger partial charge < -0.3 is 9.84 Å². The van der Waals surface area contributed by atoms with Crippen LogP contribution in [0.5, 0.6) is 0 Å². The van der Waals surface area contributed by atoms with Crippen LogP contribution in [0.1, 0.15) is 23.1 Å². The summed E-state index contributed by atoms with van der Waals surface area (Å²) in [4.78, 5) is 8.50. The van der Waals surface area contributed by atoms with Gasteiger partial charge in [-0.1, -0.05) is 29.4 Å². The van der Waals surface area contributed by atoms with Crippen molar-refractivity contribution in [1.82, 2.24) is 20.4 Å². The highest BCUT2D eigenvalue weighted by atomic mass is 16.5. The molecule has 1 aliphatic rings. The zero-order valence-corrected chi connectivity index (χ0v) is 11.4. The molecule has 104 valence electrons. The summed E-state index contributed by atoms with van der Waals surface area (Å²) in [6.45, 7) is 0.827. The minimum absolute atomic E-state index is 0.0722. The molecule has 1 aromatic carbocycles. The first kappa shape index (κ1) is 12.2. The van der Waals surface area contributed by atoms with Crippen LogP contribution in [0.25, 0.3) is 11.4 Å². The van der Waals surface area contributed by atoms with Crippen molar-refractivity contribution in [3.63, 3.8) is 0 Å². The summed E-state index contributed by atoms with van der Waals surface area (Å²) in [6.07, 6.45) is 4.31. The highest BCUT2D eigenvalue weighted by Gasteiger charge is 2.24. The van der Waals surface area contributed by atoms with Crippen molar-refractivity contribution in [2.75, 3.05) is 0 Å². The van der Waals surface area contributed by atoms with Gasteiger partial charge in [0.2, 0.25) is 11.7 Å². The summed E-state index contributed by atoms with van der Waals surface area (Å²) in [5, 5.41) is 7.51. The summed E-state index contributed by atoms with van der Waals surface area (Å²) in [6, 6.07) is 12.3. The highest BCUT2D eigenvalue weighted by molar-refractivity contribution is 5.52. The summed E-state index contributed by atoms with van der Waals surface area (Å²) in [5.74, 6) is 1.24. The van der Waals surface area contributed by atoms with Gasteiger partial charge in [0.1, 0.15) is 0 Å². The van der Waals surface area contributed by atoms with Crippen molar-refractivity contribution in [3.8, 4) is 11.4 Å². The first-order chi connectivity index (χ1) is 10.4. The van der Waals surface area contributed by atoms with Gasteiger partial charge in [0.25, 0.3) is 0 Å². The van der Waals surface area contributed by atoms with E-state index in [1.807, 2.05) is 12.1 Å². The van der Waals surface area contributed by atoms with Crippen molar-refractivity contribution >= 4 is 0 Å². The Bertz CT molecular complexity index is 754. The number of nitrogens with one attached hydrogen (secondary N) is 1. The number of nitrogens with zero attached hydrogens (tertiary/aromatic N) is 3. The van der Waals surface area contributed by atoms with Gasteiger partial charge in [0.15, 0.2) is 0 Å². The quantitative estimate of drug-likeness (QED) is 0.780. The molecule has 0 saturated heterocycles. The minimum Gasteiger partial charge on any atom is -0.337 e. The van der Waals surface area contributed by atoms with Crippen LogP contribution < -0.4 is 5.32 Å². The minimum atomic E-state index is 0.0722. The van der Waals surface area contributed by atoms with Crippen molar-refractivity contribution in [2.45, 2.75) is 19.0 Å². The molecule has 21 heavy (non-hydrogen) atoms. The molecule has 3 aromatic rings. The van der Waals surface area contributed by atoms with Gasteiger partial charge in [-0.2, -0.15) is 4.98 Å². The van der Waals surface area contributed by atoms with Crippen LogP contribution in [0.15, 0.2) is 53.3 Å². The molecule has 0 spiro atoms. The molecule has 5 nitrogen and oxygen atoms in total. The maximum absolute atomic E-state index is 5.43. The molecule has 0 fully saturated rings. The van der Waals surface area contributed by atoms with E-state index in [0.717, 1.165) is 18.5 Å². The van der Waals surface area contributed by atoms with E-state index < -0.39 is 0 Å². The summed E-state index contributed by atoms with van der Waals surface area (Å²) >= 11 is 0. The third-order valence-corrected chi connectivity index (χ3v) is 3.76. The van der Waals surface area contributed by atoms with E-state index in [1.54, 1.807) is 12.4 Å². The number of rotatable bonds is 2. The summed E-state index contributed by atoms with van der Waals surface area (Å²) in [5.41, 5.74) is 3.59. The monoisotopic (exact) mass is 278 g/mol. The fourth-order valence-electron chi connectivity index (χ4n) is 2.62. The zero-order valence-electron chi connectivity index (χ0n) is 11.4. The molecule has 5 heteroatoms. The van der Waals surface area contributed by atoms with E-state index in [0.29, 0.717) is 11.7 Å². The average molecular weight is 278 g/mol. The number of fused-ring (bicyclic) bond motifs is 1. The Morgan fingerprint density at radius 2 is 1.86 bits per heavy atom. The lowest BCUT2D eigenvalue weighted by Crippen LogP contribution is -2.28. The van der Waals surface area contributed by atoms with Crippen LogP contribution in [0.4, 0.5) is 0 Å². The molecular weight excluding hydrogens is 264 g/mol. The number of hydrogen-bond donors (Lipinski definition) is 1. The molecule has 0 amide bonds. The van der Waals surface area contributed by atoms with Gasteiger partial charge in [0.05, 0.1) is 6.04 Å². The molecule has 1 atom stereocenters. The maximum atomic E-state index is 5.43. The first-order valence-electron chi connectivity index (χ1n) is 6.94. The largest absolute Gasteiger partial charge is 0.337 e. The highest BCUT2D eigenvalue weighted by Crippen LogP contribution is 2.26. The lowest BCUT2D eigenvalue weighted by Gasteiger charge is -2.23. The Morgan fingerprint density at radius 3 is 2.71 bits per heavy atom. The molecular formula is C16H14N4O. The van der Waals surface area contributed by atoms with E-state index in [9.17, 15) is 0 Å². The van der Waals surface area contributed by atoms with Gasteiger partial charge in [-0.15, -0.1) is 0 Å². The fraction of sp³-hybridized carbons (Fsp3) is 0.188.